The van der Waals surface area contributed by atoms with Gasteiger partial charge >= 0.3 is 0 Å². The van der Waals surface area contributed by atoms with Crippen molar-refractivity contribution in [3.63, 3.8) is 0 Å². The molecule has 5 nitrogen and oxygen atoms in total. The monoisotopic (exact) mass is 974 g/mol. The van der Waals surface area contributed by atoms with Crippen LogP contribution < -0.4 is 9.80 Å². The maximum atomic E-state index is 7.35. The molecule has 0 fully saturated rings. The highest BCUT2D eigenvalue weighted by Gasteiger charge is 2.32. The molecule has 358 valence electrons. The summed E-state index contributed by atoms with van der Waals surface area (Å²) in [4.78, 5) is 4.87. The Labute approximate surface area is 437 Å². The molecule has 0 spiro atoms. The van der Waals surface area contributed by atoms with Crippen LogP contribution in [0.2, 0.25) is 0 Å². The fraction of sp³-hybridized carbons (Fsp3) is 0.0423. The molecule has 3 aromatic heterocycles. The molecule has 0 amide bonds. The highest BCUT2D eigenvalue weighted by molar-refractivity contribution is 6.29. The Morgan fingerprint density at radius 3 is 1.53 bits per heavy atom. The zero-order valence-corrected chi connectivity index (χ0v) is 42.0. The first-order valence-electron chi connectivity index (χ1n) is 26.1. The van der Waals surface area contributed by atoms with Gasteiger partial charge in [0.2, 0.25) is 0 Å². The van der Waals surface area contributed by atoms with Crippen molar-refractivity contribution in [2.24, 2.45) is 0 Å². The van der Waals surface area contributed by atoms with E-state index in [9.17, 15) is 0 Å². The van der Waals surface area contributed by atoms with Crippen molar-refractivity contribution >= 4 is 121 Å². The number of benzene rings is 12. The van der Waals surface area contributed by atoms with Crippen LogP contribution in [0, 0.1) is 20.8 Å². The minimum absolute atomic E-state index is 0.825. The molecular formula is C71H46N2O3. The van der Waals surface area contributed by atoms with Gasteiger partial charge in [0.15, 0.2) is 11.2 Å². The largest absolute Gasteiger partial charge is 0.455 e. The third-order valence-electron chi connectivity index (χ3n) is 16.0. The molecule has 12 aromatic carbocycles. The zero-order valence-electron chi connectivity index (χ0n) is 42.0. The Morgan fingerprint density at radius 1 is 0.289 bits per heavy atom. The first-order valence-corrected chi connectivity index (χ1v) is 26.1. The van der Waals surface area contributed by atoms with Gasteiger partial charge in [-0.3, -0.25) is 0 Å². The SMILES string of the molecule is Cc1ccc(C)c(N(c2cc3c4cc5c6c(cccc6c4oc3c3ccccc23)-c2ccc(C)cc2N5c2cccc3c2oc2c(-c4ccccc4)cccc23)c2cccc3c2oc2c(-c4ccccc4)cccc23)c1. The molecule has 1 aliphatic heterocycles. The van der Waals surface area contributed by atoms with Crippen LogP contribution in [0.25, 0.3) is 121 Å². The van der Waals surface area contributed by atoms with Gasteiger partial charge in [0.05, 0.1) is 28.4 Å². The van der Waals surface area contributed by atoms with Gasteiger partial charge in [-0.15, -0.1) is 0 Å². The summed E-state index contributed by atoms with van der Waals surface area (Å²) < 4.78 is 21.8. The van der Waals surface area contributed by atoms with Gasteiger partial charge < -0.3 is 23.1 Å². The Morgan fingerprint density at radius 2 is 0.803 bits per heavy atom. The number of para-hydroxylation sites is 4. The standard InChI is InChI=1S/C71H46N2O3/c1-41-33-35-43(3)61(37-41)72(59-31-15-28-54-52-26-12-23-46(66(52)75-70(54)59)44-17-6-4-7-18-44)63-39-57-58-40-64-65-50(25-14-30-56(65)69(58)74-68(57)51-22-11-10-21-48(51)63)49-36-34-42(2)38-62(49)73(64)60-32-16-29-55-53-27-13-24-47(67(53)76-71(55)60)45-19-8-5-9-20-45/h4-40H,1-3H3. The number of fused-ring (bicyclic) bond motifs is 14. The van der Waals surface area contributed by atoms with Gasteiger partial charge in [-0.05, 0) is 90.6 Å². The molecule has 4 heterocycles. The van der Waals surface area contributed by atoms with E-state index in [-0.39, 0.29) is 0 Å². The number of nitrogens with zero attached hydrogens (tertiary/aromatic N) is 2. The highest BCUT2D eigenvalue weighted by Crippen LogP contribution is 2.57. The maximum Gasteiger partial charge on any atom is 0.159 e. The van der Waals surface area contributed by atoms with E-state index in [1.165, 1.54) is 16.7 Å². The van der Waals surface area contributed by atoms with E-state index in [1.807, 2.05) is 0 Å². The summed E-state index contributed by atoms with van der Waals surface area (Å²) in [6, 6.07) is 80.8. The second-order valence-electron chi connectivity index (χ2n) is 20.5. The summed E-state index contributed by atoms with van der Waals surface area (Å²) in [6.45, 7) is 6.55. The Hall–Kier alpha value is -9.84. The van der Waals surface area contributed by atoms with Crippen LogP contribution in [0.1, 0.15) is 16.7 Å². The summed E-state index contributed by atoms with van der Waals surface area (Å²) in [5.74, 6) is 0. The van der Waals surface area contributed by atoms with Crippen molar-refractivity contribution in [2.45, 2.75) is 20.8 Å². The molecule has 0 bridgehead atoms. The lowest BCUT2D eigenvalue weighted by molar-refractivity contribution is 0.670. The van der Waals surface area contributed by atoms with Crippen molar-refractivity contribution in [1.29, 1.82) is 0 Å². The van der Waals surface area contributed by atoms with Gasteiger partial charge in [-0.2, -0.15) is 0 Å². The Bertz CT molecular complexity index is 4920. The van der Waals surface area contributed by atoms with Gasteiger partial charge in [0, 0.05) is 76.2 Å². The third-order valence-corrected chi connectivity index (χ3v) is 16.0. The molecule has 0 atom stereocenters. The molecule has 0 radical (unpaired) electrons. The predicted octanol–water partition coefficient (Wildman–Crippen LogP) is 20.9. The topological polar surface area (TPSA) is 45.9 Å². The molecule has 0 saturated carbocycles. The average molecular weight is 975 g/mol. The lowest BCUT2D eigenvalue weighted by Gasteiger charge is -2.34. The van der Waals surface area contributed by atoms with E-state index >= 15 is 0 Å². The van der Waals surface area contributed by atoms with Crippen molar-refractivity contribution in [3.8, 4) is 33.4 Å². The van der Waals surface area contributed by atoms with E-state index < -0.39 is 0 Å². The minimum atomic E-state index is 0.825. The first-order chi connectivity index (χ1) is 37.4. The average Bonchev–Trinajstić information content (AvgIpc) is 4.32. The second-order valence-corrected chi connectivity index (χ2v) is 20.5. The molecule has 0 aliphatic carbocycles. The van der Waals surface area contributed by atoms with Crippen LogP contribution in [-0.2, 0) is 0 Å². The van der Waals surface area contributed by atoms with Crippen molar-refractivity contribution in [2.75, 3.05) is 9.80 Å². The Kier molecular flexibility index (Phi) is 9.02. The number of hydrogen-bond acceptors (Lipinski definition) is 5. The molecule has 5 heteroatoms. The summed E-state index contributed by atoms with van der Waals surface area (Å²) in [6.07, 6.45) is 0. The lowest BCUT2D eigenvalue weighted by atomic mass is 9.89. The molecular weight excluding hydrogens is 929 g/mol. The minimum Gasteiger partial charge on any atom is -0.455 e. The van der Waals surface area contributed by atoms with Crippen LogP contribution in [0.5, 0.6) is 0 Å². The van der Waals surface area contributed by atoms with Gasteiger partial charge in [0.1, 0.15) is 22.3 Å². The molecule has 0 N–H and O–H groups in total. The number of anilines is 6. The molecule has 76 heavy (non-hydrogen) atoms. The zero-order chi connectivity index (χ0) is 50.3. The van der Waals surface area contributed by atoms with E-state index in [2.05, 4.69) is 255 Å². The van der Waals surface area contributed by atoms with Gasteiger partial charge in [-0.25, -0.2) is 0 Å². The normalized spacial score (nSPS) is 12.4. The summed E-state index contributed by atoms with van der Waals surface area (Å²) in [5, 5.41) is 10.6. The van der Waals surface area contributed by atoms with Crippen LogP contribution in [0.15, 0.2) is 238 Å². The van der Waals surface area contributed by atoms with Gasteiger partial charge in [-0.1, -0.05) is 188 Å². The van der Waals surface area contributed by atoms with Gasteiger partial charge in [0.25, 0.3) is 0 Å². The number of rotatable bonds is 6. The Balaban J connectivity index is 0.991. The summed E-state index contributed by atoms with van der Waals surface area (Å²) in [5.41, 5.74) is 21.5. The summed E-state index contributed by atoms with van der Waals surface area (Å²) in [7, 11) is 0. The van der Waals surface area contributed by atoms with Crippen LogP contribution in [0.4, 0.5) is 34.1 Å². The van der Waals surface area contributed by atoms with E-state index in [0.717, 1.165) is 155 Å². The smallest absolute Gasteiger partial charge is 0.159 e. The maximum absolute atomic E-state index is 7.35. The third kappa shape index (κ3) is 6.08. The van der Waals surface area contributed by atoms with Crippen LogP contribution in [0.3, 0.4) is 0 Å². The van der Waals surface area contributed by atoms with Crippen LogP contribution in [-0.4, -0.2) is 0 Å². The van der Waals surface area contributed by atoms with E-state index in [0.29, 0.717) is 0 Å². The highest BCUT2D eigenvalue weighted by atomic mass is 16.3. The van der Waals surface area contributed by atoms with Crippen molar-refractivity contribution < 1.29 is 13.3 Å². The molecule has 1 aliphatic rings. The van der Waals surface area contributed by atoms with Crippen molar-refractivity contribution in [1.82, 2.24) is 0 Å². The van der Waals surface area contributed by atoms with Crippen molar-refractivity contribution in [3.05, 3.63) is 241 Å². The quantitative estimate of drug-likeness (QED) is 0.166. The molecule has 0 saturated heterocycles. The van der Waals surface area contributed by atoms with E-state index in [4.69, 9.17) is 13.3 Å². The van der Waals surface area contributed by atoms with Crippen LogP contribution >= 0.6 is 0 Å². The molecule has 15 aromatic rings. The fourth-order valence-electron chi connectivity index (χ4n) is 12.5. The number of aryl methyl sites for hydroxylation is 3. The number of hydrogen-bond donors (Lipinski definition) is 0. The fourth-order valence-corrected chi connectivity index (χ4v) is 12.5. The summed E-state index contributed by atoms with van der Waals surface area (Å²) >= 11 is 0. The molecule has 16 rings (SSSR count). The predicted molar refractivity (Wildman–Crippen MR) is 317 cm³/mol. The number of furan rings is 3. The van der Waals surface area contributed by atoms with E-state index in [1.54, 1.807) is 0 Å². The lowest BCUT2D eigenvalue weighted by Crippen LogP contribution is -2.15. The first kappa shape index (κ1) is 42.6. The second kappa shape index (κ2) is 16.1. The molecule has 0 unspecified atom stereocenters.